The minimum atomic E-state index is -0.361. The van der Waals surface area contributed by atoms with Crippen LogP contribution in [0.3, 0.4) is 0 Å². The summed E-state index contributed by atoms with van der Waals surface area (Å²) in [5, 5.41) is 7.60. The van der Waals surface area contributed by atoms with Crippen LogP contribution >= 0.6 is 23.2 Å². The maximum Gasteiger partial charge on any atom is 0.258 e. The van der Waals surface area contributed by atoms with Crippen molar-refractivity contribution in [3.63, 3.8) is 0 Å². The van der Waals surface area contributed by atoms with E-state index in [1.807, 2.05) is 25.1 Å². The van der Waals surface area contributed by atoms with Gasteiger partial charge in [-0.05, 0) is 61.5 Å². The average Bonchev–Trinajstić information content (AvgIpc) is 2.64. The maximum absolute atomic E-state index is 12.1. The van der Waals surface area contributed by atoms with E-state index in [2.05, 4.69) is 10.6 Å². The van der Waals surface area contributed by atoms with Crippen molar-refractivity contribution in [3.05, 3.63) is 70.3 Å². The number of ether oxygens (including phenoxy) is 2. The van der Waals surface area contributed by atoms with E-state index >= 15 is 0 Å². The lowest BCUT2D eigenvalue weighted by molar-refractivity contribution is -0.124. The quantitative estimate of drug-likeness (QED) is 0.596. The number of carbonyl (C=O) groups excluding carboxylic acids is 1. The highest BCUT2D eigenvalue weighted by atomic mass is 35.5. The van der Waals surface area contributed by atoms with Crippen LogP contribution in [-0.2, 0) is 4.79 Å². The number of nitrogens with one attached hydrogen (secondary N) is 2. The molecule has 0 fully saturated rings. The molecule has 0 heterocycles. The summed E-state index contributed by atoms with van der Waals surface area (Å²) < 4.78 is 11.1. The van der Waals surface area contributed by atoms with Gasteiger partial charge in [-0.3, -0.25) is 4.79 Å². The van der Waals surface area contributed by atoms with Crippen LogP contribution in [0.1, 0.15) is 13.3 Å². The summed E-state index contributed by atoms with van der Waals surface area (Å²) in [6.07, 6.45) is 2.75. The van der Waals surface area contributed by atoms with E-state index in [1.165, 1.54) is 0 Å². The molecule has 0 spiro atoms. The van der Waals surface area contributed by atoms with Crippen LogP contribution in [0.2, 0.25) is 10.0 Å². The molecule has 0 aromatic heterocycles. The molecule has 5 nitrogen and oxygen atoms in total. The van der Waals surface area contributed by atoms with Crippen LogP contribution < -0.4 is 20.1 Å². The smallest absolute Gasteiger partial charge is 0.258 e. The predicted molar refractivity (Wildman–Crippen MR) is 111 cm³/mol. The van der Waals surface area contributed by atoms with Crippen molar-refractivity contribution in [3.8, 4) is 11.5 Å². The standard InChI is InChI=1S/C21H22Cl2N2O3/c1-21(25-20(26)14-28-19-8-4-16(23)5-9-19)12-17(13-21)24-10-11-27-18-6-2-15(22)3-7-18/h2-9,12,24H,10-11,13-14H2,1H3,(H,25,26). The Labute approximate surface area is 174 Å². The van der Waals surface area contributed by atoms with Gasteiger partial charge in [0, 0.05) is 28.7 Å². The van der Waals surface area contributed by atoms with E-state index in [9.17, 15) is 4.79 Å². The molecule has 1 unspecified atom stereocenters. The Bertz CT molecular complexity index is 838. The molecule has 1 aliphatic carbocycles. The first kappa shape index (κ1) is 20.4. The Morgan fingerprint density at radius 2 is 1.54 bits per heavy atom. The van der Waals surface area contributed by atoms with Crippen molar-refractivity contribution in [2.45, 2.75) is 18.9 Å². The summed E-state index contributed by atoms with van der Waals surface area (Å²) in [6.45, 7) is 3.15. The van der Waals surface area contributed by atoms with Crippen LogP contribution in [0.4, 0.5) is 0 Å². The molecule has 2 aromatic carbocycles. The molecular formula is C21H22Cl2N2O3. The zero-order chi connectivity index (χ0) is 20.0. The molecule has 7 heteroatoms. The lowest BCUT2D eigenvalue weighted by atomic mass is 9.84. The van der Waals surface area contributed by atoms with Crippen molar-refractivity contribution in [1.82, 2.24) is 10.6 Å². The Hall–Kier alpha value is -2.37. The second-order valence-corrected chi connectivity index (χ2v) is 7.66. The number of hydrogen-bond donors (Lipinski definition) is 2. The molecule has 1 amide bonds. The lowest BCUT2D eigenvalue weighted by Crippen LogP contribution is -2.52. The van der Waals surface area contributed by atoms with Crippen LogP contribution in [0.15, 0.2) is 60.3 Å². The first-order valence-corrected chi connectivity index (χ1v) is 9.71. The summed E-state index contributed by atoms with van der Waals surface area (Å²) in [6, 6.07) is 14.2. The Morgan fingerprint density at radius 1 is 1.00 bits per heavy atom. The Morgan fingerprint density at radius 3 is 2.11 bits per heavy atom. The number of carbonyl (C=O) groups is 1. The van der Waals surface area contributed by atoms with Crippen LogP contribution in [0.5, 0.6) is 11.5 Å². The second kappa shape index (κ2) is 9.22. The van der Waals surface area contributed by atoms with Gasteiger partial charge in [0.25, 0.3) is 5.91 Å². The zero-order valence-corrected chi connectivity index (χ0v) is 17.0. The van der Waals surface area contributed by atoms with Crippen molar-refractivity contribution in [2.24, 2.45) is 0 Å². The van der Waals surface area contributed by atoms with Gasteiger partial charge in [0.15, 0.2) is 6.61 Å². The van der Waals surface area contributed by atoms with Gasteiger partial charge < -0.3 is 20.1 Å². The van der Waals surface area contributed by atoms with Gasteiger partial charge in [-0.2, -0.15) is 0 Å². The molecule has 148 valence electrons. The van der Waals surface area contributed by atoms with Gasteiger partial charge in [-0.25, -0.2) is 0 Å². The summed E-state index contributed by atoms with van der Waals surface area (Å²) >= 11 is 11.7. The number of halogens is 2. The first-order valence-electron chi connectivity index (χ1n) is 8.95. The van der Waals surface area contributed by atoms with Crippen molar-refractivity contribution >= 4 is 29.1 Å². The topological polar surface area (TPSA) is 59.6 Å². The normalized spacial score (nSPS) is 17.9. The third-order valence-corrected chi connectivity index (χ3v) is 4.70. The molecule has 1 atom stereocenters. The number of rotatable bonds is 9. The van der Waals surface area contributed by atoms with Crippen molar-refractivity contribution in [2.75, 3.05) is 19.8 Å². The molecular weight excluding hydrogens is 399 g/mol. The minimum absolute atomic E-state index is 0.0389. The van der Waals surface area contributed by atoms with Crippen LogP contribution in [-0.4, -0.2) is 31.2 Å². The fourth-order valence-electron chi connectivity index (χ4n) is 2.89. The first-order chi connectivity index (χ1) is 13.4. The van der Waals surface area contributed by atoms with Crippen LogP contribution in [0.25, 0.3) is 0 Å². The van der Waals surface area contributed by atoms with E-state index in [-0.39, 0.29) is 18.1 Å². The molecule has 0 bridgehead atoms. The highest BCUT2D eigenvalue weighted by Gasteiger charge is 2.33. The maximum atomic E-state index is 12.1. The molecule has 1 aliphatic rings. The summed E-state index contributed by atoms with van der Waals surface area (Å²) in [4.78, 5) is 12.1. The fraction of sp³-hybridized carbons (Fsp3) is 0.286. The minimum Gasteiger partial charge on any atom is -0.492 e. The summed E-state index contributed by atoms with van der Waals surface area (Å²) in [5.41, 5.74) is 0.723. The van der Waals surface area contributed by atoms with Crippen LogP contribution in [0, 0.1) is 0 Å². The average molecular weight is 421 g/mol. The molecule has 0 aliphatic heterocycles. The summed E-state index contributed by atoms with van der Waals surface area (Å²) in [7, 11) is 0. The molecule has 3 rings (SSSR count). The third-order valence-electron chi connectivity index (χ3n) is 4.20. The SMILES string of the molecule is CC1(NC(=O)COc2ccc(Cl)cc2)C=C(NCCOc2ccc(Cl)cc2)C1. The van der Waals surface area contributed by atoms with Gasteiger partial charge in [0.05, 0.1) is 5.54 Å². The van der Waals surface area contributed by atoms with Gasteiger partial charge in [-0.15, -0.1) is 0 Å². The molecule has 2 N–H and O–H groups in total. The molecule has 0 saturated carbocycles. The highest BCUT2D eigenvalue weighted by molar-refractivity contribution is 6.30. The molecule has 28 heavy (non-hydrogen) atoms. The van der Waals surface area contributed by atoms with Gasteiger partial charge >= 0.3 is 0 Å². The monoisotopic (exact) mass is 420 g/mol. The van der Waals surface area contributed by atoms with Gasteiger partial charge in [-0.1, -0.05) is 23.2 Å². The second-order valence-electron chi connectivity index (χ2n) is 6.78. The zero-order valence-electron chi connectivity index (χ0n) is 15.5. The van der Waals surface area contributed by atoms with Gasteiger partial charge in [0.2, 0.25) is 0 Å². The van der Waals surface area contributed by atoms with E-state index in [0.29, 0.717) is 28.9 Å². The number of amides is 1. The largest absolute Gasteiger partial charge is 0.492 e. The number of hydrogen-bond acceptors (Lipinski definition) is 4. The van der Waals surface area contributed by atoms with Gasteiger partial charge in [0.1, 0.15) is 18.1 Å². The van der Waals surface area contributed by atoms with Crippen molar-refractivity contribution < 1.29 is 14.3 Å². The Balaban J connectivity index is 1.34. The lowest BCUT2D eigenvalue weighted by Gasteiger charge is -2.37. The van der Waals surface area contributed by atoms with E-state index < -0.39 is 0 Å². The molecule has 0 radical (unpaired) electrons. The van der Waals surface area contributed by atoms with E-state index in [4.69, 9.17) is 32.7 Å². The number of benzene rings is 2. The fourth-order valence-corrected chi connectivity index (χ4v) is 3.14. The predicted octanol–water partition coefficient (Wildman–Crippen LogP) is 4.20. The van der Waals surface area contributed by atoms with Crippen molar-refractivity contribution in [1.29, 1.82) is 0 Å². The van der Waals surface area contributed by atoms with E-state index in [1.54, 1.807) is 36.4 Å². The highest BCUT2D eigenvalue weighted by Crippen LogP contribution is 2.28. The molecule has 0 saturated heterocycles. The molecule has 2 aromatic rings. The van der Waals surface area contributed by atoms with E-state index in [0.717, 1.165) is 17.9 Å². The third kappa shape index (κ3) is 6.08. The summed E-state index contributed by atoms with van der Waals surface area (Å²) in [5.74, 6) is 1.22. The Kier molecular flexibility index (Phi) is 6.70.